The number of aryl methyl sites for hydroxylation is 4. The van der Waals surface area contributed by atoms with Gasteiger partial charge in [0.25, 0.3) is 0 Å². The molecule has 21 heavy (non-hydrogen) atoms. The molecule has 0 fully saturated rings. The number of nitrogens with zero attached hydrogens (tertiary/aromatic N) is 5. The molecule has 0 saturated heterocycles. The molecule has 0 unspecified atom stereocenters. The number of para-hydroxylation sites is 1. The Morgan fingerprint density at radius 2 is 2.05 bits per heavy atom. The Morgan fingerprint density at radius 1 is 1.19 bits per heavy atom. The average molecular weight is 324 g/mol. The minimum atomic E-state index is 0.533. The third kappa shape index (κ3) is 2.76. The van der Waals surface area contributed by atoms with Crippen LogP contribution in [0.25, 0.3) is 11.0 Å². The maximum Gasteiger partial charge on any atom is 0.134 e. The fourth-order valence-electron chi connectivity index (χ4n) is 2.43. The first-order chi connectivity index (χ1) is 10.2. The molecule has 0 radical (unpaired) electrons. The van der Waals surface area contributed by atoms with E-state index in [0.717, 1.165) is 35.6 Å². The lowest BCUT2D eigenvalue weighted by atomic mass is 10.3. The van der Waals surface area contributed by atoms with Crippen LogP contribution in [0.2, 0.25) is 5.02 Å². The van der Waals surface area contributed by atoms with Crippen molar-refractivity contribution in [2.45, 2.75) is 19.4 Å². The van der Waals surface area contributed by atoms with Crippen LogP contribution in [0.1, 0.15) is 11.6 Å². The van der Waals surface area contributed by atoms with Crippen molar-refractivity contribution in [2.75, 3.05) is 5.88 Å². The number of aromatic nitrogens is 5. The van der Waals surface area contributed by atoms with Crippen molar-refractivity contribution in [1.29, 1.82) is 0 Å². The SMILES string of the molecule is Cn1cnnc1CCn1c(CCCl)nc2c(Cl)cccc21. The first-order valence-electron chi connectivity index (χ1n) is 6.73. The highest BCUT2D eigenvalue weighted by Crippen LogP contribution is 2.24. The molecule has 3 aromatic rings. The second-order valence-corrected chi connectivity index (χ2v) is 5.62. The van der Waals surface area contributed by atoms with Crippen LogP contribution in [-0.2, 0) is 26.4 Å². The number of benzene rings is 1. The summed E-state index contributed by atoms with van der Waals surface area (Å²) >= 11 is 12.1. The largest absolute Gasteiger partial charge is 0.327 e. The third-order valence-electron chi connectivity index (χ3n) is 3.49. The quantitative estimate of drug-likeness (QED) is 0.678. The van der Waals surface area contributed by atoms with Crippen LogP contribution in [0.3, 0.4) is 0 Å². The zero-order valence-electron chi connectivity index (χ0n) is 11.6. The van der Waals surface area contributed by atoms with Crippen LogP contribution in [0.5, 0.6) is 0 Å². The molecule has 0 bridgehead atoms. The van der Waals surface area contributed by atoms with Crippen molar-refractivity contribution in [3.8, 4) is 0 Å². The van der Waals surface area contributed by atoms with Gasteiger partial charge in [-0.2, -0.15) is 0 Å². The summed E-state index contributed by atoms with van der Waals surface area (Å²) in [6, 6.07) is 5.83. The van der Waals surface area contributed by atoms with Gasteiger partial charge in [-0.25, -0.2) is 4.98 Å². The number of fused-ring (bicyclic) bond motifs is 1. The smallest absolute Gasteiger partial charge is 0.134 e. The molecule has 0 aliphatic rings. The van der Waals surface area contributed by atoms with Gasteiger partial charge in [0.2, 0.25) is 0 Å². The number of hydrogen-bond acceptors (Lipinski definition) is 3. The molecule has 0 spiro atoms. The van der Waals surface area contributed by atoms with Crippen LogP contribution < -0.4 is 0 Å². The summed E-state index contributed by atoms with van der Waals surface area (Å²) in [5.74, 6) is 2.43. The van der Waals surface area contributed by atoms with Crippen LogP contribution in [0.4, 0.5) is 0 Å². The van der Waals surface area contributed by atoms with Crippen molar-refractivity contribution in [2.24, 2.45) is 7.05 Å². The minimum absolute atomic E-state index is 0.533. The number of rotatable bonds is 5. The topological polar surface area (TPSA) is 48.5 Å². The van der Waals surface area contributed by atoms with Crippen LogP contribution in [-0.4, -0.2) is 30.2 Å². The monoisotopic (exact) mass is 323 g/mol. The van der Waals surface area contributed by atoms with Crippen molar-refractivity contribution >= 4 is 34.2 Å². The zero-order chi connectivity index (χ0) is 14.8. The van der Waals surface area contributed by atoms with Crippen molar-refractivity contribution < 1.29 is 0 Å². The summed E-state index contributed by atoms with van der Waals surface area (Å²) in [7, 11) is 1.94. The van der Waals surface area contributed by atoms with Gasteiger partial charge in [-0.1, -0.05) is 17.7 Å². The Hall–Kier alpha value is -1.59. The molecule has 0 N–H and O–H groups in total. The van der Waals surface area contributed by atoms with E-state index in [1.165, 1.54) is 0 Å². The van der Waals surface area contributed by atoms with E-state index in [1.807, 2.05) is 29.8 Å². The van der Waals surface area contributed by atoms with Crippen LogP contribution in [0, 0.1) is 0 Å². The van der Waals surface area contributed by atoms with Crippen molar-refractivity contribution in [3.05, 3.63) is 41.2 Å². The molecule has 7 heteroatoms. The Balaban J connectivity index is 1.97. The van der Waals surface area contributed by atoms with Gasteiger partial charge in [0.15, 0.2) is 0 Å². The normalized spacial score (nSPS) is 11.4. The molecule has 0 atom stereocenters. The molecule has 0 aliphatic heterocycles. The third-order valence-corrected chi connectivity index (χ3v) is 3.98. The average Bonchev–Trinajstić information content (AvgIpc) is 3.02. The van der Waals surface area contributed by atoms with Gasteiger partial charge >= 0.3 is 0 Å². The summed E-state index contributed by atoms with van der Waals surface area (Å²) < 4.78 is 4.09. The minimum Gasteiger partial charge on any atom is -0.327 e. The predicted octanol–water partition coefficient (Wildman–Crippen LogP) is 2.84. The van der Waals surface area contributed by atoms with Gasteiger partial charge in [0, 0.05) is 32.3 Å². The highest BCUT2D eigenvalue weighted by Gasteiger charge is 2.13. The Morgan fingerprint density at radius 3 is 2.76 bits per heavy atom. The maximum absolute atomic E-state index is 6.23. The Bertz CT molecular complexity index is 762. The number of alkyl halides is 1. The summed E-state index contributed by atoms with van der Waals surface area (Å²) in [6.07, 6.45) is 3.20. The highest BCUT2D eigenvalue weighted by molar-refractivity contribution is 6.34. The molecule has 0 amide bonds. The van der Waals surface area contributed by atoms with E-state index in [1.54, 1.807) is 6.33 Å². The first kappa shape index (κ1) is 14.4. The van der Waals surface area contributed by atoms with Gasteiger partial charge < -0.3 is 9.13 Å². The summed E-state index contributed by atoms with van der Waals surface area (Å²) in [4.78, 5) is 4.63. The van der Waals surface area contributed by atoms with Crippen molar-refractivity contribution in [1.82, 2.24) is 24.3 Å². The predicted molar refractivity (Wildman–Crippen MR) is 83.9 cm³/mol. The lowest BCUT2D eigenvalue weighted by Gasteiger charge is -2.08. The summed E-state index contributed by atoms with van der Waals surface area (Å²) in [5, 5.41) is 8.69. The number of halogens is 2. The van der Waals surface area contributed by atoms with Gasteiger partial charge in [-0.15, -0.1) is 21.8 Å². The van der Waals surface area contributed by atoms with E-state index in [-0.39, 0.29) is 0 Å². The summed E-state index contributed by atoms with van der Waals surface area (Å²) in [6.45, 7) is 0.773. The molecule has 1 aromatic carbocycles. The first-order valence-corrected chi connectivity index (χ1v) is 7.64. The molecule has 0 aliphatic carbocycles. The molecule has 3 rings (SSSR count). The number of imidazole rings is 1. The zero-order valence-corrected chi connectivity index (χ0v) is 13.1. The molecular weight excluding hydrogens is 309 g/mol. The van der Waals surface area contributed by atoms with E-state index < -0.39 is 0 Å². The van der Waals surface area contributed by atoms with Crippen LogP contribution >= 0.6 is 23.2 Å². The van der Waals surface area contributed by atoms with Gasteiger partial charge in [-0.3, -0.25) is 0 Å². The number of hydrogen-bond donors (Lipinski definition) is 0. The van der Waals surface area contributed by atoms with E-state index in [4.69, 9.17) is 23.2 Å². The summed E-state index contributed by atoms with van der Waals surface area (Å²) in [5.41, 5.74) is 1.86. The Labute approximate surface area is 132 Å². The fraction of sp³-hybridized carbons (Fsp3) is 0.357. The van der Waals surface area contributed by atoms with Crippen molar-refractivity contribution in [3.63, 3.8) is 0 Å². The molecular formula is C14H15Cl2N5. The van der Waals surface area contributed by atoms with Gasteiger partial charge in [0.1, 0.15) is 23.5 Å². The molecule has 0 saturated carbocycles. The van der Waals surface area contributed by atoms with E-state index in [2.05, 4.69) is 19.7 Å². The second-order valence-electron chi connectivity index (χ2n) is 4.83. The maximum atomic E-state index is 6.23. The van der Waals surface area contributed by atoms with Gasteiger partial charge in [-0.05, 0) is 12.1 Å². The van der Waals surface area contributed by atoms with Gasteiger partial charge in [0.05, 0.1) is 10.5 Å². The van der Waals surface area contributed by atoms with Crippen LogP contribution in [0.15, 0.2) is 24.5 Å². The fourth-order valence-corrected chi connectivity index (χ4v) is 2.81. The molecule has 5 nitrogen and oxygen atoms in total. The van der Waals surface area contributed by atoms with E-state index in [0.29, 0.717) is 17.3 Å². The standard InChI is InChI=1S/C14H15Cl2N5/c1-20-9-17-19-13(20)6-8-21-11-4-2-3-10(16)14(11)18-12(21)5-7-15/h2-4,9H,5-8H2,1H3. The van der Waals surface area contributed by atoms with E-state index >= 15 is 0 Å². The highest BCUT2D eigenvalue weighted by atomic mass is 35.5. The molecule has 2 heterocycles. The van der Waals surface area contributed by atoms with E-state index in [9.17, 15) is 0 Å². The second kappa shape index (κ2) is 6.03. The molecule has 2 aromatic heterocycles. The molecule has 110 valence electrons. The lowest BCUT2D eigenvalue weighted by Crippen LogP contribution is -2.09. The Kier molecular flexibility index (Phi) is 4.12. The lowest BCUT2D eigenvalue weighted by molar-refractivity contribution is 0.637.